The Morgan fingerprint density at radius 2 is 1.86 bits per heavy atom. The second-order valence-electron chi connectivity index (χ2n) is 4.87. The van der Waals surface area contributed by atoms with E-state index in [1.54, 1.807) is 12.1 Å². The third-order valence-electron chi connectivity index (χ3n) is 3.21. The number of nitrogens with two attached hydrogens (primary N) is 1. The number of anilines is 1. The average Bonchev–Trinajstić information content (AvgIpc) is 2.49. The van der Waals surface area contributed by atoms with Crippen LogP contribution in [0.4, 0.5) is 5.69 Å². The molecular formula is C17H19NO3. The number of nitrogen functional groups attached to an aromatic ring is 1. The lowest BCUT2D eigenvalue weighted by atomic mass is 10.1. The molecule has 0 aliphatic heterocycles. The number of rotatable bonds is 7. The molecule has 4 heteroatoms. The highest BCUT2D eigenvalue weighted by atomic mass is 16.5. The fourth-order valence-corrected chi connectivity index (χ4v) is 2.09. The SMILES string of the molecule is Nc1ccc(CCCOCc2ccccc2)cc1C(=O)O. The molecule has 4 nitrogen and oxygen atoms in total. The number of hydrogen-bond donors (Lipinski definition) is 2. The van der Waals surface area contributed by atoms with Crippen molar-refractivity contribution in [2.24, 2.45) is 0 Å². The Kier molecular flexibility index (Phi) is 5.35. The fraction of sp³-hybridized carbons (Fsp3) is 0.235. The molecule has 0 heterocycles. The van der Waals surface area contributed by atoms with Crippen molar-refractivity contribution in [3.63, 3.8) is 0 Å². The first-order chi connectivity index (χ1) is 10.2. The minimum Gasteiger partial charge on any atom is -0.478 e. The van der Waals surface area contributed by atoms with Crippen molar-refractivity contribution in [3.05, 3.63) is 65.2 Å². The van der Waals surface area contributed by atoms with E-state index in [0.29, 0.717) is 18.9 Å². The lowest BCUT2D eigenvalue weighted by Crippen LogP contribution is -2.04. The van der Waals surface area contributed by atoms with Gasteiger partial charge in [0, 0.05) is 12.3 Å². The van der Waals surface area contributed by atoms with E-state index in [0.717, 1.165) is 24.0 Å². The summed E-state index contributed by atoms with van der Waals surface area (Å²) in [7, 11) is 0. The summed E-state index contributed by atoms with van der Waals surface area (Å²) in [6.07, 6.45) is 1.62. The maximum Gasteiger partial charge on any atom is 0.337 e. The van der Waals surface area contributed by atoms with Crippen LogP contribution in [0, 0.1) is 0 Å². The molecular weight excluding hydrogens is 266 g/mol. The summed E-state index contributed by atoms with van der Waals surface area (Å²) in [5.74, 6) is -0.991. The maximum atomic E-state index is 11.0. The Balaban J connectivity index is 1.76. The molecule has 0 amide bonds. The van der Waals surface area contributed by atoms with Crippen LogP contribution in [0.5, 0.6) is 0 Å². The number of carbonyl (C=O) groups is 1. The molecule has 0 bridgehead atoms. The highest BCUT2D eigenvalue weighted by molar-refractivity contribution is 5.93. The Morgan fingerprint density at radius 3 is 2.57 bits per heavy atom. The number of aromatic carboxylic acids is 1. The van der Waals surface area contributed by atoms with E-state index in [1.165, 1.54) is 0 Å². The lowest BCUT2D eigenvalue weighted by Gasteiger charge is -2.07. The van der Waals surface area contributed by atoms with E-state index in [-0.39, 0.29) is 5.56 Å². The number of carboxylic acid groups (broad SMARTS) is 1. The van der Waals surface area contributed by atoms with E-state index >= 15 is 0 Å². The highest BCUT2D eigenvalue weighted by Crippen LogP contribution is 2.15. The first kappa shape index (κ1) is 15.1. The van der Waals surface area contributed by atoms with Crippen LogP contribution in [0.15, 0.2) is 48.5 Å². The second-order valence-corrected chi connectivity index (χ2v) is 4.87. The molecule has 2 rings (SSSR count). The van der Waals surface area contributed by atoms with Crippen LogP contribution in [0.1, 0.15) is 27.9 Å². The van der Waals surface area contributed by atoms with Gasteiger partial charge in [-0.15, -0.1) is 0 Å². The topological polar surface area (TPSA) is 72.5 Å². The van der Waals surface area contributed by atoms with E-state index in [9.17, 15) is 4.79 Å². The molecule has 0 unspecified atom stereocenters. The van der Waals surface area contributed by atoms with Crippen molar-refractivity contribution >= 4 is 11.7 Å². The zero-order chi connectivity index (χ0) is 15.1. The van der Waals surface area contributed by atoms with Crippen molar-refractivity contribution < 1.29 is 14.6 Å². The van der Waals surface area contributed by atoms with Crippen molar-refractivity contribution in [1.82, 2.24) is 0 Å². The highest BCUT2D eigenvalue weighted by Gasteiger charge is 2.08. The van der Waals surface area contributed by atoms with Crippen LogP contribution in [0.25, 0.3) is 0 Å². The normalized spacial score (nSPS) is 10.5. The van der Waals surface area contributed by atoms with Gasteiger partial charge in [-0.2, -0.15) is 0 Å². The molecule has 0 aliphatic carbocycles. The van der Waals surface area contributed by atoms with Gasteiger partial charge in [-0.25, -0.2) is 4.79 Å². The smallest absolute Gasteiger partial charge is 0.337 e. The molecule has 0 fully saturated rings. The summed E-state index contributed by atoms with van der Waals surface area (Å²) in [6, 6.07) is 15.1. The molecule has 0 radical (unpaired) electrons. The van der Waals surface area contributed by atoms with Crippen LogP contribution in [-0.4, -0.2) is 17.7 Å². The minimum absolute atomic E-state index is 0.165. The summed E-state index contributed by atoms with van der Waals surface area (Å²) in [4.78, 5) is 11.0. The predicted octanol–water partition coefficient (Wildman–Crippen LogP) is 3.12. The van der Waals surface area contributed by atoms with E-state index < -0.39 is 5.97 Å². The summed E-state index contributed by atoms with van der Waals surface area (Å²) < 4.78 is 5.60. The molecule has 0 aliphatic rings. The van der Waals surface area contributed by atoms with Gasteiger partial charge in [-0.05, 0) is 36.1 Å². The van der Waals surface area contributed by atoms with Crippen LogP contribution in [0.3, 0.4) is 0 Å². The van der Waals surface area contributed by atoms with Gasteiger partial charge in [0.2, 0.25) is 0 Å². The van der Waals surface area contributed by atoms with Gasteiger partial charge >= 0.3 is 5.97 Å². The summed E-state index contributed by atoms with van der Waals surface area (Å²) in [6.45, 7) is 1.24. The molecule has 2 aromatic rings. The number of hydrogen-bond acceptors (Lipinski definition) is 3. The number of aryl methyl sites for hydroxylation is 1. The summed E-state index contributed by atoms with van der Waals surface area (Å²) in [5.41, 5.74) is 8.20. The largest absolute Gasteiger partial charge is 0.478 e. The Hall–Kier alpha value is -2.33. The first-order valence-corrected chi connectivity index (χ1v) is 6.90. The van der Waals surface area contributed by atoms with Crippen LogP contribution in [0.2, 0.25) is 0 Å². The summed E-state index contributed by atoms with van der Waals surface area (Å²) >= 11 is 0. The maximum absolute atomic E-state index is 11.0. The minimum atomic E-state index is -0.991. The van der Waals surface area contributed by atoms with Crippen molar-refractivity contribution in [1.29, 1.82) is 0 Å². The van der Waals surface area contributed by atoms with Crippen LogP contribution >= 0.6 is 0 Å². The second kappa shape index (κ2) is 7.45. The standard InChI is InChI=1S/C17H19NO3/c18-16-9-8-13(11-15(16)17(19)20)7-4-10-21-12-14-5-2-1-3-6-14/h1-3,5-6,8-9,11H,4,7,10,12,18H2,(H,19,20). The quantitative estimate of drug-likeness (QED) is 0.605. The number of carboxylic acids is 1. The molecule has 110 valence electrons. The zero-order valence-electron chi connectivity index (χ0n) is 11.8. The van der Waals surface area contributed by atoms with Gasteiger partial charge in [-0.3, -0.25) is 0 Å². The van der Waals surface area contributed by atoms with Crippen LogP contribution < -0.4 is 5.73 Å². The van der Waals surface area contributed by atoms with Crippen molar-refractivity contribution in [2.75, 3.05) is 12.3 Å². The van der Waals surface area contributed by atoms with Crippen molar-refractivity contribution in [3.8, 4) is 0 Å². The lowest BCUT2D eigenvalue weighted by molar-refractivity contribution is 0.0698. The first-order valence-electron chi connectivity index (χ1n) is 6.90. The van der Waals surface area contributed by atoms with E-state index in [1.807, 2.05) is 36.4 Å². The molecule has 0 spiro atoms. The van der Waals surface area contributed by atoms with Gasteiger partial charge in [0.1, 0.15) is 0 Å². The van der Waals surface area contributed by atoms with Gasteiger partial charge in [0.15, 0.2) is 0 Å². The monoisotopic (exact) mass is 285 g/mol. The average molecular weight is 285 g/mol. The number of benzene rings is 2. The third-order valence-corrected chi connectivity index (χ3v) is 3.21. The third kappa shape index (κ3) is 4.61. The van der Waals surface area contributed by atoms with Crippen LogP contribution in [-0.2, 0) is 17.8 Å². The number of ether oxygens (including phenoxy) is 1. The summed E-state index contributed by atoms with van der Waals surface area (Å²) in [5, 5.41) is 9.02. The van der Waals surface area contributed by atoms with Gasteiger partial charge in [0.05, 0.1) is 12.2 Å². The molecule has 21 heavy (non-hydrogen) atoms. The van der Waals surface area contributed by atoms with Gasteiger partial charge in [0.25, 0.3) is 0 Å². The molecule has 0 saturated heterocycles. The molecule has 0 atom stereocenters. The molecule has 0 aromatic heterocycles. The Bertz CT molecular complexity index is 596. The van der Waals surface area contributed by atoms with Gasteiger partial charge < -0.3 is 15.6 Å². The molecule has 2 aromatic carbocycles. The van der Waals surface area contributed by atoms with E-state index in [4.69, 9.17) is 15.6 Å². The Labute approximate surface area is 124 Å². The van der Waals surface area contributed by atoms with Gasteiger partial charge in [-0.1, -0.05) is 36.4 Å². The Morgan fingerprint density at radius 1 is 1.10 bits per heavy atom. The van der Waals surface area contributed by atoms with Crippen molar-refractivity contribution in [2.45, 2.75) is 19.4 Å². The zero-order valence-corrected chi connectivity index (χ0v) is 11.8. The molecule has 0 saturated carbocycles. The predicted molar refractivity (Wildman–Crippen MR) is 82.2 cm³/mol. The fourth-order valence-electron chi connectivity index (χ4n) is 2.09. The molecule has 3 N–H and O–H groups in total. The van der Waals surface area contributed by atoms with E-state index in [2.05, 4.69) is 0 Å².